The van der Waals surface area contributed by atoms with E-state index in [1.54, 1.807) is 24.1 Å². The number of rotatable bonds is 4. The van der Waals surface area contributed by atoms with Crippen LogP contribution in [0, 0.1) is 0 Å². The highest BCUT2D eigenvalue weighted by Gasteiger charge is 2.21. The number of hydrogen-bond donors (Lipinski definition) is 2. The molecule has 1 fully saturated rings. The van der Waals surface area contributed by atoms with Gasteiger partial charge >= 0.3 is 5.97 Å². The van der Waals surface area contributed by atoms with Gasteiger partial charge in [0.25, 0.3) is 0 Å². The summed E-state index contributed by atoms with van der Waals surface area (Å²) in [7, 11) is 1.71. The average Bonchev–Trinajstić information content (AvgIpc) is 2.92. The Balaban J connectivity index is 2.14. The number of carbonyl (C=O) groups excluding carboxylic acids is 1. The van der Waals surface area contributed by atoms with Gasteiger partial charge in [0.05, 0.1) is 17.8 Å². The monoisotopic (exact) mass is 277 g/mol. The highest BCUT2D eigenvalue weighted by Crippen LogP contribution is 2.22. The van der Waals surface area contributed by atoms with E-state index < -0.39 is 5.97 Å². The fourth-order valence-corrected chi connectivity index (χ4v) is 2.41. The van der Waals surface area contributed by atoms with Crippen molar-refractivity contribution >= 4 is 23.3 Å². The molecule has 1 aliphatic heterocycles. The summed E-state index contributed by atoms with van der Waals surface area (Å²) in [6, 6.07) is 4.68. The average molecular weight is 277 g/mol. The number of carboxylic acid groups (broad SMARTS) is 1. The normalized spacial score (nSPS) is 14.3. The largest absolute Gasteiger partial charge is 0.478 e. The summed E-state index contributed by atoms with van der Waals surface area (Å²) < 4.78 is 0. The third-order valence-corrected chi connectivity index (χ3v) is 3.49. The molecule has 1 aromatic rings. The van der Waals surface area contributed by atoms with Crippen LogP contribution in [0.3, 0.4) is 0 Å². The lowest BCUT2D eigenvalue weighted by Crippen LogP contribution is -2.37. The number of carbonyl (C=O) groups is 2. The Hall–Kier alpha value is -2.24. The molecule has 1 aliphatic rings. The van der Waals surface area contributed by atoms with Gasteiger partial charge in [-0.1, -0.05) is 0 Å². The summed E-state index contributed by atoms with van der Waals surface area (Å²) in [5, 5.41) is 9.21. The molecule has 0 unspecified atom stereocenters. The second-order valence-electron chi connectivity index (χ2n) is 5.03. The highest BCUT2D eigenvalue weighted by atomic mass is 16.4. The molecule has 1 amide bonds. The molecule has 2 rings (SSSR count). The second-order valence-corrected chi connectivity index (χ2v) is 5.03. The molecule has 0 radical (unpaired) electrons. The minimum absolute atomic E-state index is 0.0261. The third-order valence-electron chi connectivity index (χ3n) is 3.49. The van der Waals surface area contributed by atoms with E-state index in [1.165, 1.54) is 6.07 Å². The number of anilines is 2. The topological polar surface area (TPSA) is 86.9 Å². The predicted molar refractivity (Wildman–Crippen MR) is 76.9 cm³/mol. The van der Waals surface area contributed by atoms with Crippen LogP contribution in [0.1, 0.15) is 23.2 Å². The fourth-order valence-electron chi connectivity index (χ4n) is 2.41. The van der Waals surface area contributed by atoms with Crippen molar-refractivity contribution in [2.24, 2.45) is 0 Å². The third kappa shape index (κ3) is 3.01. The van der Waals surface area contributed by atoms with Crippen molar-refractivity contribution in [3.63, 3.8) is 0 Å². The molecule has 0 atom stereocenters. The minimum Gasteiger partial charge on any atom is -0.478 e. The van der Waals surface area contributed by atoms with Crippen molar-refractivity contribution in [3.05, 3.63) is 23.8 Å². The van der Waals surface area contributed by atoms with E-state index in [2.05, 4.69) is 0 Å². The Morgan fingerprint density at radius 2 is 2.00 bits per heavy atom. The first kappa shape index (κ1) is 14.2. The van der Waals surface area contributed by atoms with Crippen LogP contribution in [0.2, 0.25) is 0 Å². The molecule has 0 aromatic heterocycles. The maximum Gasteiger partial charge on any atom is 0.337 e. The molecule has 6 nitrogen and oxygen atoms in total. The zero-order valence-electron chi connectivity index (χ0n) is 11.5. The van der Waals surface area contributed by atoms with Crippen LogP contribution < -0.4 is 10.6 Å². The van der Waals surface area contributed by atoms with Gasteiger partial charge in [-0.25, -0.2) is 4.79 Å². The number of carboxylic acids is 1. The quantitative estimate of drug-likeness (QED) is 0.803. The van der Waals surface area contributed by atoms with E-state index in [9.17, 15) is 14.7 Å². The van der Waals surface area contributed by atoms with E-state index >= 15 is 0 Å². The van der Waals surface area contributed by atoms with Gasteiger partial charge in [0.15, 0.2) is 0 Å². The predicted octanol–water partition coefficient (Wildman–Crippen LogP) is 1.03. The molecule has 20 heavy (non-hydrogen) atoms. The molecule has 0 spiro atoms. The van der Waals surface area contributed by atoms with Gasteiger partial charge in [0.1, 0.15) is 0 Å². The van der Waals surface area contributed by atoms with Gasteiger partial charge in [0.2, 0.25) is 5.91 Å². The van der Waals surface area contributed by atoms with Crippen LogP contribution in [0.15, 0.2) is 18.2 Å². The molecule has 6 heteroatoms. The van der Waals surface area contributed by atoms with Crippen molar-refractivity contribution in [2.75, 3.05) is 37.3 Å². The first-order valence-corrected chi connectivity index (χ1v) is 6.61. The van der Waals surface area contributed by atoms with Crippen LogP contribution in [-0.2, 0) is 4.79 Å². The number of aromatic carboxylic acids is 1. The number of likely N-dealkylation sites (tertiary alicyclic amines) is 1. The van der Waals surface area contributed by atoms with E-state index in [4.69, 9.17) is 5.73 Å². The SMILES string of the molecule is CN(CC(=O)N1CCCC1)c1ccc(N)cc1C(=O)O. The molecule has 0 aliphatic carbocycles. The molecule has 1 heterocycles. The smallest absolute Gasteiger partial charge is 0.337 e. The first-order chi connectivity index (χ1) is 9.49. The molecule has 0 saturated carbocycles. The summed E-state index contributed by atoms with van der Waals surface area (Å²) in [6.45, 7) is 1.75. The Labute approximate surface area is 117 Å². The number of nitrogens with two attached hydrogens (primary N) is 1. The van der Waals surface area contributed by atoms with Gasteiger partial charge in [-0.15, -0.1) is 0 Å². The molecule has 1 aromatic carbocycles. The lowest BCUT2D eigenvalue weighted by Gasteiger charge is -2.24. The Morgan fingerprint density at radius 1 is 1.35 bits per heavy atom. The summed E-state index contributed by atoms with van der Waals surface area (Å²) in [5.41, 5.74) is 6.62. The van der Waals surface area contributed by atoms with Crippen LogP contribution in [0.5, 0.6) is 0 Å². The van der Waals surface area contributed by atoms with E-state index in [0.717, 1.165) is 25.9 Å². The van der Waals surface area contributed by atoms with Crippen LogP contribution >= 0.6 is 0 Å². The lowest BCUT2D eigenvalue weighted by atomic mass is 10.1. The van der Waals surface area contributed by atoms with Crippen LogP contribution in [0.4, 0.5) is 11.4 Å². The number of nitrogens with zero attached hydrogens (tertiary/aromatic N) is 2. The van der Waals surface area contributed by atoms with Crippen LogP contribution in [0.25, 0.3) is 0 Å². The Morgan fingerprint density at radius 3 is 2.60 bits per heavy atom. The van der Waals surface area contributed by atoms with Crippen molar-refractivity contribution < 1.29 is 14.7 Å². The number of benzene rings is 1. The first-order valence-electron chi connectivity index (χ1n) is 6.61. The maximum atomic E-state index is 12.1. The summed E-state index contributed by atoms with van der Waals surface area (Å²) in [6.07, 6.45) is 2.08. The Kier molecular flexibility index (Phi) is 4.12. The molecule has 3 N–H and O–H groups in total. The highest BCUT2D eigenvalue weighted by molar-refractivity contribution is 5.96. The number of hydrogen-bond acceptors (Lipinski definition) is 4. The molecule has 0 bridgehead atoms. The van der Waals surface area contributed by atoms with Crippen molar-refractivity contribution in [3.8, 4) is 0 Å². The zero-order chi connectivity index (χ0) is 14.7. The van der Waals surface area contributed by atoms with Crippen molar-refractivity contribution in [1.82, 2.24) is 4.90 Å². The number of nitrogen functional groups attached to an aromatic ring is 1. The van der Waals surface area contributed by atoms with Crippen LogP contribution in [-0.4, -0.2) is 48.6 Å². The number of amides is 1. The zero-order valence-corrected chi connectivity index (χ0v) is 11.5. The lowest BCUT2D eigenvalue weighted by molar-refractivity contribution is -0.128. The van der Waals surface area contributed by atoms with Crippen molar-refractivity contribution in [1.29, 1.82) is 0 Å². The van der Waals surface area contributed by atoms with E-state index in [-0.39, 0.29) is 18.0 Å². The molecule has 1 saturated heterocycles. The number of likely N-dealkylation sites (N-methyl/N-ethyl adjacent to an activating group) is 1. The van der Waals surface area contributed by atoms with Gasteiger partial charge in [-0.05, 0) is 31.0 Å². The Bertz CT molecular complexity index is 524. The summed E-state index contributed by atoms with van der Waals surface area (Å²) >= 11 is 0. The standard InChI is InChI=1S/C14H19N3O3/c1-16(9-13(18)17-6-2-3-7-17)12-5-4-10(15)8-11(12)14(19)20/h4-5,8H,2-3,6-7,9,15H2,1H3,(H,19,20). The van der Waals surface area contributed by atoms with Crippen molar-refractivity contribution in [2.45, 2.75) is 12.8 Å². The second kappa shape index (κ2) is 5.81. The van der Waals surface area contributed by atoms with Gasteiger partial charge in [-0.2, -0.15) is 0 Å². The molecule has 108 valence electrons. The maximum absolute atomic E-state index is 12.1. The molecular formula is C14H19N3O3. The summed E-state index contributed by atoms with van der Waals surface area (Å²) in [4.78, 5) is 26.8. The van der Waals surface area contributed by atoms with Gasteiger partial charge in [-0.3, -0.25) is 4.79 Å². The summed E-state index contributed by atoms with van der Waals surface area (Å²) in [5.74, 6) is -1.02. The fraction of sp³-hybridized carbons (Fsp3) is 0.429. The van der Waals surface area contributed by atoms with Gasteiger partial charge in [0, 0.05) is 25.8 Å². The molecular weight excluding hydrogens is 258 g/mol. The van der Waals surface area contributed by atoms with E-state index in [1.807, 2.05) is 4.90 Å². The minimum atomic E-state index is -1.05. The van der Waals surface area contributed by atoms with Gasteiger partial charge < -0.3 is 20.6 Å². The van der Waals surface area contributed by atoms with E-state index in [0.29, 0.717) is 11.4 Å².